The van der Waals surface area contributed by atoms with E-state index < -0.39 is 0 Å². The lowest BCUT2D eigenvalue weighted by molar-refractivity contribution is -0.122. The van der Waals surface area contributed by atoms with E-state index >= 15 is 0 Å². The van der Waals surface area contributed by atoms with E-state index in [0.29, 0.717) is 12.4 Å². The van der Waals surface area contributed by atoms with Crippen molar-refractivity contribution in [3.63, 3.8) is 0 Å². The quantitative estimate of drug-likeness (QED) is 0.801. The molecule has 0 aliphatic carbocycles. The minimum atomic E-state index is -0.205. The van der Waals surface area contributed by atoms with E-state index in [1.165, 1.54) is 0 Å². The first-order valence-electron chi connectivity index (χ1n) is 6.67. The van der Waals surface area contributed by atoms with Gasteiger partial charge in [0.05, 0.1) is 0 Å². The van der Waals surface area contributed by atoms with E-state index in [1.807, 2.05) is 11.8 Å². The highest BCUT2D eigenvalue weighted by atomic mass is 16.3. The number of aliphatic hydroxyl groups is 1. The first-order valence-corrected chi connectivity index (χ1v) is 6.67. The SMILES string of the molecule is CC(CCO)NC(=O)C1CCCN1c1ncccn1. The molecule has 1 aromatic rings. The molecule has 0 radical (unpaired) electrons. The molecular formula is C13H20N4O2. The number of aliphatic hydroxyl groups excluding tert-OH is 1. The van der Waals surface area contributed by atoms with E-state index in [-0.39, 0.29) is 24.6 Å². The van der Waals surface area contributed by atoms with Crippen molar-refractivity contribution in [2.24, 2.45) is 0 Å². The molecule has 1 saturated heterocycles. The summed E-state index contributed by atoms with van der Waals surface area (Å²) in [7, 11) is 0. The number of carbonyl (C=O) groups excluding carboxylic acids is 1. The summed E-state index contributed by atoms with van der Waals surface area (Å²) < 4.78 is 0. The molecule has 2 N–H and O–H groups in total. The lowest BCUT2D eigenvalue weighted by atomic mass is 10.1. The van der Waals surface area contributed by atoms with E-state index in [2.05, 4.69) is 15.3 Å². The highest BCUT2D eigenvalue weighted by molar-refractivity contribution is 5.85. The second-order valence-corrected chi connectivity index (χ2v) is 4.82. The van der Waals surface area contributed by atoms with E-state index in [4.69, 9.17) is 5.11 Å². The summed E-state index contributed by atoms with van der Waals surface area (Å²) in [4.78, 5) is 22.6. The van der Waals surface area contributed by atoms with Crippen molar-refractivity contribution in [3.05, 3.63) is 18.5 Å². The van der Waals surface area contributed by atoms with Gasteiger partial charge >= 0.3 is 0 Å². The molecule has 0 saturated carbocycles. The zero-order valence-electron chi connectivity index (χ0n) is 11.1. The summed E-state index contributed by atoms with van der Waals surface area (Å²) in [6, 6.07) is 1.54. The highest BCUT2D eigenvalue weighted by Gasteiger charge is 2.32. The topological polar surface area (TPSA) is 78.4 Å². The van der Waals surface area contributed by atoms with Crippen LogP contribution in [0.15, 0.2) is 18.5 Å². The zero-order chi connectivity index (χ0) is 13.7. The molecule has 104 valence electrons. The van der Waals surface area contributed by atoms with Gasteiger partial charge in [0.1, 0.15) is 6.04 Å². The molecule has 0 aromatic carbocycles. The molecule has 2 heterocycles. The minimum Gasteiger partial charge on any atom is -0.396 e. The molecule has 1 aliphatic rings. The van der Waals surface area contributed by atoms with Crippen molar-refractivity contribution in [3.8, 4) is 0 Å². The Morgan fingerprint density at radius 2 is 2.32 bits per heavy atom. The van der Waals surface area contributed by atoms with Gasteiger partial charge in [0.2, 0.25) is 11.9 Å². The molecule has 6 nitrogen and oxygen atoms in total. The van der Waals surface area contributed by atoms with Crippen LogP contribution in [0.4, 0.5) is 5.95 Å². The highest BCUT2D eigenvalue weighted by Crippen LogP contribution is 2.21. The molecule has 1 amide bonds. The van der Waals surface area contributed by atoms with Gasteiger partial charge in [0.15, 0.2) is 0 Å². The Balaban J connectivity index is 2.01. The second kappa shape index (κ2) is 6.47. The van der Waals surface area contributed by atoms with Crippen LogP contribution in [-0.4, -0.2) is 46.2 Å². The van der Waals surface area contributed by atoms with Gasteiger partial charge in [-0.15, -0.1) is 0 Å². The maximum atomic E-state index is 12.2. The van der Waals surface area contributed by atoms with Crippen LogP contribution >= 0.6 is 0 Å². The zero-order valence-corrected chi connectivity index (χ0v) is 11.1. The molecule has 1 aliphatic heterocycles. The number of amides is 1. The van der Waals surface area contributed by atoms with Gasteiger partial charge in [0.25, 0.3) is 0 Å². The Morgan fingerprint density at radius 1 is 1.58 bits per heavy atom. The van der Waals surface area contributed by atoms with Gasteiger partial charge in [-0.1, -0.05) is 0 Å². The van der Waals surface area contributed by atoms with Crippen LogP contribution < -0.4 is 10.2 Å². The number of carbonyl (C=O) groups is 1. The number of nitrogens with zero attached hydrogens (tertiary/aromatic N) is 3. The summed E-state index contributed by atoms with van der Waals surface area (Å²) in [5.41, 5.74) is 0. The molecule has 6 heteroatoms. The Morgan fingerprint density at radius 3 is 3.00 bits per heavy atom. The number of rotatable bonds is 5. The number of hydrogen-bond donors (Lipinski definition) is 2. The van der Waals surface area contributed by atoms with Crippen molar-refractivity contribution >= 4 is 11.9 Å². The Hall–Kier alpha value is -1.69. The average molecular weight is 264 g/mol. The van der Waals surface area contributed by atoms with Gasteiger partial charge in [-0.3, -0.25) is 4.79 Å². The van der Waals surface area contributed by atoms with Gasteiger partial charge in [-0.2, -0.15) is 0 Å². The number of anilines is 1. The van der Waals surface area contributed by atoms with Crippen LogP contribution in [0.5, 0.6) is 0 Å². The van der Waals surface area contributed by atoms with Crippen molar-refractivity contribution in [1.29, 1.82) is 0 Å². The van der Waals surface area contributed by atoms with Crippen molar-refractivity contribution in [1.82, 2.24) is 15.3 Å². The van der Waals surface area contributed by atoms with Crippen molar-refractivity contribution < 1.29 is 9.90 Å². The lowest BCUT2D eigenvalue weighted by Gasteiger charge is -2.25. The number of hydrogen-bond acceptors (Lipinski definition) is 5. The minimum absolute atomic E-state index is 0.00842. The van der Waals surface area contributed by atoms with Crippen molar-refractivity contribution in [2.45, 2.75) is 38.3 Å². The Labute approximate surface area is 112 Å². The molecule has 0 spiro atoms. The summed E-state index contributed by atoms with van der Waals surface area (Å²) in [6.45, 7) is 2.78. The summed E-state index contributed by atoms with van der Waals surface area (Å²) in [5.74, 6) is 0.598. The molecular weight excluding hydrogens is 244 g/mol. The number of nitrogens with one attached hydrogen (secondary N) is 1. The molecule has 1 aromatic heterocycles. The van der Waals surface area contributed by atoms with Crippen LogP contribution in [0.25, 0.3) is 0 Å². The lowest BCUT2D eigenvalue weighted by Crippen LogP contribution is -2.47. The molecule has 1 fully saturated rings. The van der Waals surface area contributed by atoms with E-state index in [1.54, 1.807) is 18.5 Å². The fourth-order valence-corrected chi connectivity index (χ4v) is 2.32. The normalized spacial score (nSPS) is 20.3. The van der Waals surface area contributed by atoms with Gasteiger partial charge < -0.3 is 15.3 Å². The first kappa shape index (κ1) is 13.7. The molecule has 19 heavy (non-hydrogen) atoms. The fourth-order valence-electron chi connectivity index (χ4n) is 2.32. The predicted octanol–water partition coefficient (Wildman–Crippen LogP) is 0.332. The summed E-state index contributed by atoms with van der Waals surface area (Å²) in [6.07, 6.45) is 5.72. The Bertz CT molecular complexity index is 412. The summed E-state index contributed by atoms with van der Waals surface area (Å²) >= 11 is 0. The van der Waals surface area contributed by atoms with Crippen LogP contribution in [0.1, 0.15) is 26.2 Å². The van der Waals surface area contributed by atoms with Crippen LogP contribution in [0, 0.1) is 0 Å². The standard InChI is InChI=1S/C13H20N4O2/c1-10(5-9-18)16-12(19)11-4-2-8-17(11)13-14-6-3-7-15-13/h3,6-7,10-11,18H,2,4-5,8-9H2,1H3,(H,16,19). The average Bonchev–Trinajstić information content (AvgIpc) is 2.89. The van der Waals surface area contributed by atoms with E-state index in [0.717, 1.165) is 19.4 Å². The van der Waals surface area contributed by atoms with E-state index in [9.17, 15) is 4.79 Å². The van der Waals surface area contributed by atoms with Gasteiger partial charge in [-0.05, 0) is 32.3 Å². The predicted molar refractivity (Wildman–Crippen MR) is 71.7 cm³/mol. The van der Waals surface area contributed by atoms with Gasteiger partial charge in [0, 0.05) is 31.6 Å². The van der Waals surface area contributed by atoms with Crippen LogP contribution in [0.2, 0.25) is 0 Å². The molecule has 2 rings (SSSR count). The fraction of sp³-hybridized carbons (Fsp3) is 0.615. The van der Waals surface area contributed by atoms with Crippen LogP contribution in [0.3, 0.4) is 0 Å². The largest absolute Gasteiger partial charge is 0.396 e. The van der Waals surface area contributed by atoms with Crippen LogP contribution in [-0.2, 0) is 4.79 Å². The third-order valence-electron chi connectivity index (χ3n) is 3.32. The Kier molecular flexibility index (Phi) is 4.68. The third-order valence-corrected chi connectivity index (χ3v) is 3.32. The third kappa shape index (κ3) is 3.41. The molecule has 0 bridgehead atoms. The monoisotopic (exact) mass is 264 g/mol. The smallest absolute Gasteiger partial charge is 0.243 e. The molecule has 2 unspecified atom stereocenters. The maximum Gasteiger partial charge on any atom is 0.243 e. The first-order chi connectivity index (χ1) is 9.22. The summed E-state index contributed by atoms with van der Waals surface area (Å²) in [5, 5.41) is 11.8. The number of aromatic nitrogens is 2. The van der Waals surface area contributed by atoms with Crippen molar-refractivity contribution in [2.75, 3.05) is 18.1 Å². The second-order valence-electron chi connectivity index (χ2n) is 4.82. The molecule has 2 atom stereocenters. The maximum absolute atomic E-state index is 12.2. The van der Waals surface area contributed by atoms with Gasteiger partial charge in [-0.25, -0.2) is 9.97 Å².